The predicted molar refractivity (Wildman–Crippen MR) is 99.4 cm³/mol. The van der Waals surface area contributed by atoms with E-state index in [1.165, 1.54) is 41.9 Å². The molecular formula is C18H21FN2O3S2. The van der Waals surface area contributed by atoms with Crippen molar-refractivity contribution in [2.75, 3.05) is 19.3 Å². The van der Waals surface area contributed by atoms with Gasteiger partial charge in [-0.2, -0.15) is 0 Å². The van der Waals surface area contributed by atoms with Crippen LogP contribution < -0.4 is 0 Å². The molecule has 0 N–H and O–H groups in total. The summed E-state index contributed by atoms with van der Waals surface area (Å²) in [5.74, 6) is -0.446. The van der Waals surface area contributed by atoms with Gasteiger partial charge in [0.1, 0.15) is 16.6 Å². The van der Waals surface area contributed by atoms with Crippen molar-refractivity contribution >= 4 is 27.0 Å². The second-order valence-corrected chi connectivity index (χ2v) is 9.83. The molecule has 2 aromatic rings. The Balaban J connectivity index is 1.61. The van der Waals surface area contributed by atoms with Gasteiger partial charge >= 0.3 is 0 Å². The second kappa shape index (κ2) is 7.94. The number of thiazole rings is 1. The molecule has 0 aliphatic carbocycles. The second-order valence-electron chi connectivity index (χ2n) is 6.75. The number of hydrogen-bond donors (Lipinski definition) is 0. The number of ketones is 1. The van der Waals surface area contributed by atoms with Crippen molar-refractivity contribution in [3.8, 4) is 0 Å². The summed E-state index contributed by atoms with van der Waals surface area (Å²) in [6.07, 6.45) is 2.94. The van der Waals surface area contributed by atoms with E-state index in [-0.39, 0.29) is 23.3 Å². The van der Waals surface area contributed by atoms with Gasteiger partial charge in [-0.1, -0.05) is 0 Å². The van der Waals surface area contributed by atoms with E-state index < -0.39 is 9.84 Å². The molecule has 0 radical (unpaired) electrons. The number of rotatable bonds is 6. The van der Waals surface area contributed by atoms with Gasteiger partial charge in [0.15, 0.2) is 15.6 Å². The standard InChI is InChI=1S/C18H21FN2O3S2/c1-26(23,24)12-17-20-16(11-25-17)10-21-8-2-3-14(9-21)18(22)13-4-6-15(19)7-5-13/h4-7,11,14H,2-3,8-10,12H2,1H3/t14-/m0/s1. The minimum atomic E-state index is -3.09. The van der Waals surface area contributed by atoms with Gasteiger partial charge in [0.2, 0.25) is 0 Å². The van der Waals surface area contributed by atoms with Crippen LogP contribution in [0.5, 0.6) is 0 Å². The molecule has 1 aliphatic rings. The number of sulfone groups is 1. The number of piperidine rings is 1. The highest BCUT2D eigenvalue weighted by molar-refractivity contribution is 7.90. The fourth-order valence-electron chi connectivity index (χ4n) is 3.20. The molecule has 1 aromatic heterocycles. The summed E-state index contributed by atoms with van der Waals surface area (Å²) in [5, 5.41) is 2.48. The molecule has 2 heterocycles. The molecule has 0 amide bonds. The largest absolute Gasteiger partial charge is 0.297 e. The molecule has 1 aromatic carbocycles. The van der Waals surface area contributed by atoms with Crippen molar-refractivity contribution < 1.29 is 17.6 Å². The van der Waals surface area contributed by atoms with Gasteiger partial charge in [-0.25, -0.2) is 17.8 Å². The number of carbonyl (C=O) groups is 1. The Morgan fingerprint density at radius 3 is 2.77 bits per heavy atom. The van der Waals surface area contributed by atoms with Crippen molar-refractivity contribution in [2.24, 2.45) is 5.92 Å². The molecule has 5 nitrogen and oxygen atoms in total. The first-order valence-electron chi connectivity index (χ1n) is 8.43. The third-order valence-electron chi connectivity index (χ3n) is 4.38. The van der Waals surface area contributed by atoms with Crippen LogP contribution in [-0.4, -0.2) is 43.4 Å². The highest BCUT2D eigenvalue weighted by atomic mass is 32.2. The third kappa shape index (κ3) is 5.18. The van der Waals surface area contributed by atoms with Gasteiger partial charge in [-0.3, -0.25) is 9.69 Å². The number of nitrogens with zero attached hydrogens (tertiary/aromatic N) is 2. The molecule has 0 spiro atoms. The number of halogens is 1. The molecular weight excluding hydrogens is 375 g/mol. The molecule has 8 heteroatoms. The van der Waals surface area contributed by atoms with E-state index >= 15 is 0 Å². The van der Waals surface area contributed by atoms with Crippen LogP contribution in [-0.2, 0) is 22.1 Å². The minimum Gasteiger partial charge on any atom is -0.297 e. The quantitative estimate of drug-likeness (QED) is 0.703. The minimum absolute atomic E-state index is 0.0383. The number of carbonyl (C=O) groups excluding carboxylic acids is 1. The number of hydrogen-bond acceptors (Lipinski definition) is 6. The summed E-state index contributed by atoms with van der Waals surface area (Å²) in [6, 6.07) is 5.70. The predicted octanol–water partition coefficient (Wildman–Crippen LogP) is 2.92. The van der Waals surface area contributed by atoms with Gasteiger partial charge in [-0.05, 0) is 43.7 Å². The van der Waals surface area contributed by atoms with Crippen molar-refractivity contribution in [3.63, 3.8) is 0 Å². The first-order valence-corrected chi connectivity index (χ1v) is 11.4. The van der Waals surface area contributed by atoms with E-state index in [9.17, 15) is 17.6 Å². The van der Waals surface area contributed by atoms with E-state index in [1.807, 2.05) is 5.38 Å². The maximum absolute atomic E-state index is 13.0. The van der Waals surface area contributed by atoms with Crippen LogP contribution in [0, 0.1) is 11.7 Å². The summed E-state index contributed by atoms with van der Waals surface area (Å²) in [4.78, 5) is 19.2. The Hall–Kier alpha value is -1.64. The van der Waals surface area contributed by atoms with E-state index in [0.29, 0.717) is 23.7 Å². The zero-order valence-electron chi connectivity index (χ0n) is 14.5. The highest BCUT2D eigenvalue weighted by Gasteiger charge is 2.27. The SMILES string of the molecule is CS(=O)(=O)Cc1nc(CN2CCC[C@H](C(=O)c3ccc(F)cc3)C2)cs1. The molecule has 0 unspecified atom stereocenters. The molecule has 1 aliphatic heterocycles. The van der Waals surface area contributed by atoms with Crippen LogP contribution in [0.15, 0.2) is 29.6 Å². The zero-order chi connectivity index (χ0) is 18.7. The lowest BCUT2D eigenvalue weighted by Gasteiger charge is -2.31. The normalized spacial score (nSPS) is 18.8. The van der Waals surface area contributed by atoms with Gasteiger partial charge in [0.25, 0.3) is 0 Å². The molecule has 1 saturated heterocycles. The number of aromatic nitrogens is 1. The molecule has 1 atom stereocenters. The van der Waals surface area contributed by atoms with E-state index in [1.54, 1.807) is 0 Å². The van der Waals surface area contributed by atoms with Gasteiger partial charge in [0.05, 0.1) is 5.69 Å². The Morgan fingerprint density at radius 2 is 2.08 bits per heavy atom. The molecule has 26 heavy (non-hydrogen) atoms. The molecule has 0 saturated carbocycles. The van der Waals surface area contributed by atoms with Gasteiger partial charge < -0.3 is 0 Å². The average molecular weight is 397 g/mol. The number of Topliss-reactive ketones (excluding diaryl/α,β-unsaturated/α-hetero) is 1. The monoisotopic (exact) mass is 396 g/mol. The Morgan fingerprint density at radius 1 is 1.35 bits per heavy atom. The third-order valence-corrected chi connectivity index (χ3v) is 6.25. The lowest BCUT2D eigenvalue weighted by atomic mass is 9.90. The smallest absolute Gasteiger partial charge is 0.167 e. The van der Waals surface area contributed by atoms with Crippen molar-refractivity contribution in [1.82, 2.24) is 9.88 Å². The van der Waals surface area contributed by atoms with Crippen LogP contribution in [0.25, 0.3) is 0 Å². The number of likely N-dealkylation sites (tertiary alicyclic amines) is 1. The summed E-state index contributed by atoms with van der Waals surface area (Å²) in [7, 11) is -3.09. The van der Waals surface area contributed by atoms with Crippen molar-refractivity contribution in [3.05, 3.63) is 51.7 Å². The topological polar surface area (TPSA) is 67.3 Å². The lowest BCUT2D eigenvalue weighted by Crippen LogP contribution is -2.38. The van der Waals surface area contributed by atoms with Crippen LogP contribution in [0.4, 0.5) is 4.39 Å². The zero-order valence-corrected chi connectivity index (χ0v) is 16.2. The molecule has 1 fully saturated rings. The summed E-state index contributed by atoms with van der Waals surface area (Å²) >= 11 is 1.35. The highest BCUT2D eigenvalue weighted by Crippen LogP contribution is 2.23. The summed E-state index contributed by atoms with van der Waals surface area (Å²) < 4.78 is 35.8. The van der Waals surface area contributed by atoms with Crippen LogP contribution in [0.3, 0.4) is 0 Å². The first kappa shape index (κ1) is 19.1. The first-order chi connectivity index (χ1) is 12.3. The Bertz CT molecular complexity index is 878. The fourth-order valence-corrected chi connectivity index (χ4v) is 5.20. The lowest BCUT2D eigenvalue weighted by molar-refractivity contribution is 0.0810. The Labute approximate surface area is 156 Å². The van der Waals surface area contributed by atoms with E-state index in [0.717, 1.165) is 25.1 Å². The van der Waals surface area contributed by atoms with Crippen LogP contribution in [0.1, 0.15) is 33.9 Å². The molecule has 3 rings (SSSR count). The van der Waals surface area contributed by atoms with E-state index in [2.05, 4.69) is 9.88 Å². The average Bonchev–Trinajstić information content (AvgIpc) is 3.00. The Kier molecular flexibility index (Phi) is 5.84. The number of benzene rings is 1. The maximum atomic E-state index is 13.0. The van der Waals surface area contributed by atoms with Gasteiger partial charge in [0, 0.05) is 36.2 Å². The maximum Gasteiger partial charge on any atom is 0.167 e. The van der Waals surface area contributed by atoms with E-state index in [4.69, 9.17) is 0 Å². The van der Waals surface area contributed by atoms with Gasteiger partial charge in [-0.15, -0.1) is 11.3 Å². The van der Waals surface area contributed by atoms with Crippen LogP contribution in [0.2, 0.25) is 0 Å². The molecule has 0 bridgehead atoms. The molecule has 140 valence electrons. The summed E-state index contributed by atoms with van der Waals surface area (Å²) in [6.45, 7) is 2.12. The van der Waals surface area contributed by atoms with Crippen molar-refractivity contribution in [2.45, 2.75) is 25.1 Å². The van der Waals surface area contributed by atoms with Crippen LogP contribution >= 0.6 is 11.3 Å². The summed E-state index contributed by atoms with van der Waals surface area (Å²) in [5.41, 5.74) is 1.38. The fraction of sp³-hybridized carbons (Fsp3) is 0.444. The van der Waals surface area contributed by atoms with Crippen molar-refractivity contribution in [1.29, 1.82) is 0 Å².